The van der Waals surface area contributed by atoms with Crippen molar-refractivity contribution in [2.75, 3.05) is 29.9 Å². The first-order chi connectivity index (χ1) is 13.7. The number of pyridine rings is 1. The summed E-state index contributed by atoms with van der Waals surface area (Å²) in [4.78, 5) is 31.3. The predicted octanol–water partition coefficient (Wildman–Crippen LogP) is 3.63. The Balaban J connectivity index is 1.42. The summed E-state index contributed by atoms with van der Waals surface area (Å²) in [6.07, 6.45) is 3.83. The molecule has 1 saturated heterocycles. The van der Waals surface area contributed by atoms with Crippen molar-refractivity contribution in [2.45, 2.75) is 12.8 Å². The van der Waals surface area contributed by atoms with E-state index in [4.69, 9.17) is 4.74 Å². The van der Waals surface area contributed by atoms with Gasteiger partial charge < -0.3 is 15.0 Å². The van der Waals surface area contributed by atoms with Crippen LogP contribution < -0.4 is 10.2 Å². The van der Waals surface area contributed by atoms with Crippen molar-refractivity contribution in [1.82, 2.24) is 4.98 Å². The molecule has 142 valence electrons. The average Bonchev–Trinajstić information content (AvgIpc) is 3.27. The molecule has 2 aromatic carbocycles. The number of hydrogen-bond donors (Lipinski definition) is 1. The Morgan fingerprint density at radius 1 is 1.00 bits per heavy atom. The number of amides is 1. The minimum absolute atomic E-state index is 0.351. The number of nitrogens with zero attached hydrogens (tertiary/aromatic N) is 2. The lowest BCUT2D eigenvalue weighted by Gasteiger charge is -2.18. The highest BCUT2D eigenvalue weighted by atomic mass is 16.5. The van der Waals surface area contributed by atoms with E-state index in [1.807, 2.05) is 42.5 Å². The van der Waals surface area contributed by atoms with Crippen LogP contribution in [0.2, 0.25) is 0 Å². The van der Waals surface area contributed by atoms with Gasteiger partial charge in [0.25, 0.3) is 5.91 Å². The highest BCUT2D eigenvalue weighted by Crippen LogP contribution is 2.24. The highest BCUT2D eigenvalue weighted by Gasteiger charge is 2.22. The number of rotatable bonds is 5. The molecule has 1 N–H and O–H groups in total. The number of fused-ring (bicyclic) bond motifs is 1. The summed E-state index contributed by atoms with van der Waals surface area (Å²) < 4.78 is 5.26. The maximum absolute atomic E-state index is 12.5. The third-order valence-corrected chi connectivity index (χ3v) is 4.81. The molecule has 6 nitrogen and oxygen atoms in total. The van der Waals surface area contributed by atoms with Crippen molar-refractivity contribution in [3.63, 3.8) is 0 Å². The Bertz CT molecular complexity index is 1010. The molecular formula is C22H21N3O3. The van der Waals surface area contributed by atoms with Crippen LogP contribution in [-0.2, 0) is 9.53 Å². The topological polar surface area (TPSA) is 71.5 Å². The van der Waals surface area contributed by atoms with E-state index in [2.05, 4.69) is 15.2 Å². The monoisotopic (exact) mass is 375 g/mol. The lowest BCUT2D eigenvalue weighted by Crippen LogP contribution is -2.25. The molecule has 0 unspecified atom stereocenters. The maximum Gasteiger partial charge on any atom is 0.342 e. The van der Waals surface area contributed by atoms with E-state index in [1.54, 1.807) is 18.3 Å². The Kier molecular flexibility index (Phi) is 5.19. The fraction of sp³-hybridized carbons (Fsp3) is 0.227. The summed E-state index contributed by atoms with van der Waals surface area (Å²) in [5.74, 6) is -0.293. The lowest BCUT2D eigenvalue weighted by molar-refractivity contribution is -0.119. The van der Waals surface area contributed by atoms with E-state index in [-0.39, 0.29) is 12.5 Å². The Morgan fingerprint density at radius 2 is 1.79 bits per heavy atom. The fourth-order valence-corrected chi connectivity index (χ4v) is 3.47. The summed E-state index contributed by atoms with van der Waals surface area (Å²) >= 11 is 0. The van der Waals surface area contributed by atoms with Gasteiger partial charge in [0.05, 0.1) is 0 Å². The molecular weight excluding hydrogens is 354 g/mol. The Hall–Kier alpha value is -3.41. The summed E-state index contributed by atoms with van der Waals surface area (Å²) in [6, 6.07) is 16.9. The Labute approximate surface area is 163 Å². The number of benzene rings is 2. The van der Waals surface area contributed by atoms with Gasteiger partial charge in [0.15, 0.2) is 6.61 Å². The zero-order valence-corrected chi connectivity index (χ0v) is 15.4. The second-order valence-corrected chi connectivity index (χ2v) is 6.72. The normalized spacial score (nSPS) is 13.5. The fourth-order valence-electron chi connectivity index (χ4n) is 3.47. The largest absolute Gasteiger partial charge is 0.452 e. The van der Waals surface area contributed by atoms with Gasteiger partial charge in [0.2, 0.25) is 0 Å². The number of carbonyl (C=O) groups excluding carboxylic acids is 2. The quantitative estimate of drug-likeness (QED) is 0.690. The van der Waals surface area contributed by atoms with E-state index in [1.165, 1.54) is 0 Å². The molecule has 0 aliphatic carbocycles. The number of carbonyl (C=O) groups is 2. The highest BCUT2D eigenvalue weighted by molar-refractivity contribution is 6.03. The number of anilines is 2. The van der Waals surface area contributed by atoms with Gasteiger partial charge in [-0.2, -0.15) is 0 Å². The molecule has 6 heteroatoms. The van der Waals surface area contributed by atoms with Crippen molar-refractivity contribution in [1.29, 1.82) is 0 Å². The van der Waals surface area contributed by atoms with Gasteiger partial charge in [-0.3, -0.25) is 4.79 Å². The van der Waals surface area contributed by atoms with Gasteiger partial charge in [0.1, 0.15) is 11.4 Å². The van der Waals surface area contributed by atoms with E-state index < -0.39 is 5.97 Å². The van der Waals surface area contributed by atoms with Crippen LogP contribution in [-0.4, -0.2) is 36.6 Å². The third kappa shape index (κ3) is 3.81. The maximum atomic E-state index is 12.5. The first-order valence-electron chi connectivity index (χ1n) is 9.37. The molecule has 1 aromatic heterocycles. The molecule has 1 aliphatic rings. The van der Waals surface area contributed by atoms with Gasteiger partial charge in [-0.05, 0) is 36.4 Å². The van der Waals surface area contributed by atoms with Crippen LogP contribution in [0, 0.1) is 0 Å². The summed E-state index contributed by atoms with van der Waals surface area (Å²) in [6.45, 7) is 1.40. The van der Waals surface area contributed by atoms with E-state index >= 15 is 0 Å². The number of aromatic nitrogens is 1. The van der Waals surface area contributed by atoms with E-state index in [0.717, 1.165) is 36.7 Å². The average molecular weight is 375 g/mol. The van der Waals surface area contributed by atoms with Gasteiger partial charge in [-0.1, -0.05) is 36.4 Å². The van der Waals surface area contributed by atoms with Crippen LogP contribution in [0.1, 0.15) is 23.2 Å². The van der Waals surface area contributed by atoms with E-state index in [9.17, 15) is 9.59 Å². The first-order valence-corrected chi connectivity index (χ1v) is 9.37. The van der Waals surface area contributed by atoms with Crippen LogP contribution in [0.3, 0.4) is 0 Å². The molecule has 0 bridgehead atoms. The van der Waals surface area contributed by atoms with Gasteiger partial charge in [0, 0.05) is 30.4 Å². The van der Waals surface area contributed by atoms with Gasteiger partial charge in [-0.25, -0.2) is 9.78 Å². The standard InChI is InChI=1S/C22H21N3O3/c26-20(24-19-11-5-8-16-7-1-2-9-17(16)19)15-28-22(27)18-10-6-12-23-21(18)25-13-3-4-14-25/h1-2,5-12H,3-4,13-15H2,(H,24,26). The van der Waals surface area contributed by atoms with E-state index in [0.29, 0.717) is 17.1 Å². The van der Waals surface area contributed by atoms with Crippen LogP contribution in [0.15, 0.2) is 60.8 Å². The number of esters is 1. The molecule has 4 rings (SSSR count). The molecule has 1 amide bonds. The SMILES string of the molecule is O=C(COC(=O)c1cccnc1N1CCCC1)Nc1cccc2ccccc12. The molecule has 0 saturated carbocycles. The molecule has 1 aliphatic heterocycles. The van der Waals surface area contributed by atoms with Crippen LogP contribution in [0.4, 0.5) is 11.5 Å². The molecule has 0 spiro atoms. The number of hydrogen-bond acceptors (Lipinski definition) is 5. The van der Waals surface area contributed by atoms with Crippen LogP contribution >= 0.6 is 0 Å². The molecule has 0 radical (unpaired) electrons. The minimum Gasteiger partial charge on any atom is -0.452 e. The molecule has 1 fully saturated rings. The molecule has 0 atom stereocenters. The van der Waals surface area contributed by atoms with Crippen molar-refractivity contribution in [3.8, 4) is 0 Å². The van der Waals surface area contributed by atoms with Crippen molar-refractivity contribution < 1.29 is 14.3 Å². The minimum atomic E-state index is -0.539. The Morgan fingerprint density at radius 3 is 2.64 bits per heavy atom. The summed E-state index contributed by atoms with van der Waals surface area (Å²) in [5.41, 5.74) is 1.08. The second kappa shape index (κ2) is 8.08. The molecule has 3 aromatic rings. The van der Waals surface area contributed by atoms with Gasteiger partial charge >= 0.3 is 5.97 Å². The van der Waals surface area contributed by atoms with Crippen LogP contribution in [0.5, 0.6) is 0 Å². The molecule has 28 heavy (non-hydrogen) atoms. The zero-order chi connectivity index (χ0) is 19.3. The zero-order valence-electron chi connectivity index (χ0n) is 15.4. The van der Waals surface area contributed by atoms with Crippen molar-refractivity contribution in [2.24, 2.45) is 0 Å². The summed E-state index contributed by atoms with van der Waals surface area (Å²) in [7, 11) is 0. The van der Waals surface area contributed by atoms with Crippen molar-refractivity contribution >= 4 is 34.2 Å². The first kappa shape index (κ1) is 18.0. The molecule has 2 heterocycles. The predicted molar refractivity (Wildman–Crippen MR) is 109 cm³/mol. The van der Waals surface area contributed by atoms with Crippen molar-refractivity contribution in [3.05, 3.63) is 66.4 Å². The summed E-state index contributed by atoms with van der Waals surface area (Å²) in [5, 5.41) is 4.79. The number of ether oxygens (including phenoxy) is 1. The third-order valence-electron chi connectivity index (χ3n) is 4.81. The second-order valence-electron chi connectivity index (χ2n) is 6.72. The van der Waals surface area contributed by atoms with Gasteiger partial charge in [-0.15, -0.1) is 0 Å². The lowest BCUT2D eigenvalue weighted by atomic mass is 10.1. The van der Waals surface area contributed by atoms with Crippen LogP contribution in [0.25, 0.3) is 10.8 Å². The smallest absolute Gasteiger partial charge is 0.342 e. The number of nitrogens with one attached hydrogen (secondary N) is 1.